The van der Waals surface area contributed by atoms with Crippen LogP contribution in [0.5, 0.6) is 5.75 Å². The van der Waals surface area contributed by atoms with Crippen LogP contribution < -0.4 is 4.74 Å². The van der Waals surface area contributed by atoms with Gasteiger partial charge in [-0.3, -0.25) is 0 Å². The first kappa shape index (κ1) is 15.4. The van der Waals surface area contributed by atoms with E-state index in [1.807, 2.05) is 0 Å². The SMILES string of the molecule is C=CCOc1ccc(C(C(F)(F)F)C(F)(F)F)cc1. The molecule has 7 heteroatoms. The van der Waals surface area contributed by atoms with E-state index < -0.39 is 23.8 Å². The summed E-state index contributed by atoms with van der Waals surface area (Å²) in [5.41, 5.74) is -0.869. The summed E-state index contributed by atoms with van der Waals surface area (Å²) in [6.07, 6.45) is -9.37. The van der Waals surface area contributed by atoms with E-state index in [-0.39, 0.29) is 12.4 Å². The average Bonchev–Trinajstić information content (AvgIpc) is 2.24. The van der Waals surface area contributed by atoms with Crippen molar-refractivity contribution in [3.63, 3.8) is 0 Å². The minimum atomic E-state index is -5.39. The van der Waals surface area contributed by atoms with Crippen molar-refractivity contribution in [1.29, 1.82) is 0 Å². The topological polar surface area (TPSA) is 9.23 Å². The van der Waals surface area contributed by atoms with Crippen molar-refractivity contribution < 1.29 is 31.1 Å². The second-order valence-electron chi connectivity index (χ2n) is 3.68. The Labute approximate surface area is 105 Å². The van der Waals surface area contributed by atoms with E-state index in [9.17, 15) is 26.3 Å². The summed E-state index contributed by atoms with van der Waals surface area (Å²) in [5, 5.41) is 0. The van der Waals surface area contributed by atoms with Gasteiger partial charge < -0.3 is 4.74 Å². The number of ether oxygens (including phenoxy) is 1. The molecule has 0 N–H and O–H groups in total. The fourth-order valence-electron chi connectivity index (χ4n) is 1.48. The van der Waals surface area contributed by atoms with Gasteiger partial charge in [0.15, 0.2) is 5.92 Å². The standard InChI is InChI=1S/C12H10F6O/c1-2-7-19-9-5-3-8(4-6-9)10(11(13,14)15)12(16,17)18/h2-6,10H,1,7H2. The molecule has 0 saturated carbocycles. The minimum absolute atomic E-state index is 0.112. The molecular weight excluding hydrogens is 274 g/mol. The molecule has 0 aromatic heterocycles. The molecule has 1 nitrogen and oxygen atoms in total. The molecule has 0 atom stereocenters. The van der Waals surface area contributed by atoms with Gasteiger partial charge in [0.05, 0.1) is 0 Å². The molecule has 0 heterocycles. The molecule has 19 heavy (non-hydrogen) atoms. The van der Waals surface area contributed by atoms with Gasteiger partial charge in [0.2, 0.25) is 0 Å². The largest absolute Gasteiger partial charge is 0.490 e. The van der Waals surface area contributed by atoms with Crippen molar-refractivity contribution in [2.45, 2.75) is 18.3 Å². The molecule has 0 radical (unpaired) electrons. The summed E-state index contributed by atoms with van der Waals surface area (Å²) >= 11 is 0. The highest BCUT2D eigenvalue weighted by Crippen LogP contribution is 2.46. The Bertz CT molecular complexity index is 403. The number of hydrogen-bond acceptors (Lipinski definition) is 1. The molecule has 0 unspecified atom stereocenters. The lowest BCUT2D eigenvalue weighted by molar-refractivity contribution is -0.253. The Morgan fingerprint density at radius 2 is 1.47 bits per heavy atom. The van der Waals surface area contributed by atoms with Crippen molar-refractivity contribution in [2.75, 3.05) is 6.61 Å². The van der Waals surface area contributed by atoms with Gasteiger partial charge in [-0.05, 0) is 17.7 Å². The highest BCUT2D eigenvalue weighted by Gasteiger charge is 2.57. The maximum Gasteiger partial charge on any atom is 0.404 e. The Morgan fingerprint density at radius 3 is 1.84 bits per heavy atom. The molecule has 0 aliphatic rings. The molecule has 0 spiro atoms. The van der Waals surface area contributed by atoms with Gasteiger partial charge >= 0.3 is 12.4 Å². The van der Waals surface area contributed by atoms with E-state index in [1.54, 1.807) is 0 Å². The smallest absolute Gasteiger partial charge is 0.404 e. The van der Waals surface area contributed by atoms with Crippen LogP contribution in [0.1, 0.15) is 11.5 Å². The summed E-state index contributed by atoms with van der Waals surface area (Å²) in [6.45, 7) is 3.48. The second kappa shape index (κ2) is 5.54. The van der Waals surface area contributed by atoms with Crippen LogP contribution in [0.25, 0.3) is 0 Å². The molecule has 1 rings (SSSR count). The van der Waals surface area contributed by atoms with E-state index in [4.69, 9.17) is 4.74 Å². The van der Waals surface area contributed by atoms with Crippen LogP contribution in [0.15, 0.2) is 36.9 Å². The van der Waals surface area contributed by atoms with Gasteiger partial charge in [-0.15, -0.1) is 0 Å². The summed E-state index contributed by atoms with van der Waals surface area (Å²) < 4.78 is 79.6. The third kappa shape index (κ3) is 4.18. The maximum atomic E-state index is 12.4. The first-order valence-corrected chi connectivity index (χ1v) is 5.13. The number of benzene rings is 1. The Kier molecular flexibility index (Phi) is 4.49. The van der Waals surface area contributed by atoms with Crippen LogP contribution in [0.2, 0.25) is 0 Å². The van der Waals surface area contributed by atoms with Crippen molar-refractivity contribution in [3.8, 4) is 5.75 Å². The molecule has 0 bridgehead atoms. The predicted molar refractivity (Wildman–Crippen MR) is 57.0 cm³/mol. The van der Waals surface area contributed by atoms with E-state index in [1.165, 1.54) is 6.08 Å². The maximum absolute atomic E-state index is 12.4. The fraction of sp³-hybridized carbons (Fsp3) is 0.333. The summed E-state index contributed by atoms with van der Waals surface area (Å²) in [4.78, 5) is 0. The first-order valence-electron chi connectivity index (χ1n) is 5.13. The molecule has 1 aromatic rings. The van der Waals surface area contributed by atoms with Crippen molar-refractivity contribution in [3.05, 3.63) is 42.5 Å². The van der Waals surface area contributed by atoms with Crippen LogP contribution in [-0.2, 0) is 0 Å². The second-order valence-corrected chi connectivity index (χ2v) is 3.68. The van der Waals surface area contributed by atoms with Crippen LogP contribution in [-0.4, -0.2) is 19.0 Å². The molecule has 0 saturated heterocycles. The highest BCUT2D eigenvalue weighted by molar-refractivity contribution is 5.31. The normalized spacial score (nSPS) is 12.6. The molecule has 0 fully saturated rings. The summed E-state index contributed by atoms with van der Waals surface area (Å²) in [5.74, 6) is -3.32. The molecule has 0 aliphatic carbocycles. The third-order valence-electron chi connectivity index (χ3n) is 2.24. The molecule has 106 valence electrons. The first-order chi connectivity index (χ1) is 8.66. The lowest BCUT2D eigenvalue weighted by Crippen LogP contribution is -2.34. The van der Waals surface area contributed by atoms with Crippen LogP contribution >= 0.6 is 0 Å². The van der Waals surface area contributed by atoms with Crippen LogP contribution in [0.3, 0.4) is 0 Å². The van der Waals surface area contributed by atoms with E-state index >= 15 is 0 Å². The third-order valence-corrected chi connectivity index (χ3v) is 2.24. The van der Waals surface area contributed by atoms with Gasteiger partial charge in [0.25, 0.3) is 0 Å². The van der Waals surface area contributed by atoms with Crippen LogP contribution in [0, 0.1) is 0 Å². The van der Waals surface area contributed by atoms with Gasteiger partial charge in [-0.2, -0.15) is 26.3 Å². The lowest BCUT2D eigenvalue weighted by atomic mass is 9.98. The number of hydrogen-bond donors (Lipinski definition) is 0. The van der Waals surface area contributed by atoms with E-state index in [0.717, 1.165) is 24.3 Å². The molecule has 1 aromatic carbocycles. The molecular formula is C12H10F6O. The summed E-state index contributed by atoms with van der Waals surface area (Å²) in [7, 11) is 0. The van der Waals surface area contributed by atoms with Gasteiger partial charge in [-0.25, -0.2) is 0 Å². The fourth-order valence-corrected chi connectivity index (χ4v) is 1.48. The van der Waals surface area contributed by atoms with Gasteiger partial charge in [-0.1, -0.05) is 24.8 Å². The van der Waals surface area contributed by atoms with E-state index in [2.05, 4.69) is 6.58 Å². The molecule has 0 amide bonds. The number of alkyl halides is 6. The Morgan fingerprint density at radius 1 is 1.00 bits per heavy atom. The van der Waals surface area contributed by atoms with Crippen molar-refractivity contribution in [2.24, 2.45) is 0 Å². The minimum Gasteiger partial charge on any atom is -0.490 e. The van der Waals surface area contributed by atoms with Gasteiger partial charge in [0, 0.05) is 0 Å². The zero-order valence-electron chi connectivity index (χ0n) is 9.55. The van der Waals surface area contributed by atoms with Crippen molar-refractivity contribution >= 4 is 0 Å². The predicted octanol–water partition coefficient (Wildman–Crippen LogP) is 4.46. The van der Waals surface area contributed by atoms with Gasteiger partial charge in [0.1, 0.15) is 12.4 Å². The lowest BCUT2D eigenvalue weighted by Gasteiger charge is -2.23. The summed E-state index contributed by atoms with van der Waals surface area (Å²) in [6, 6.07) is 3.63. The number of rotatable bonds is 4. The van der Waals surface area contributed by atoms with E-state index in [0.29, 0.717) is 0 Å². The Hall–Kier alpha value is -1.66. The molecule has 0 aliphatic heterocycles. The van der Waals surface area contributed by atoms with Crippen molar-refractivity contribution in [1.82, 2.24) is 0 Å². The average molecular weight is 284 g/mol. The quantitative estimate of drug-likeness (QED) is 0.586. The zero-order chi connectivity index (χ0) is 14.7. The number of halogens is 6. The highest BCUT2D eigenvalue weighted by atomic mass is 19.4. The zero-order valence-corrected chi connectivity index (χ0v) is 9.55. The monoisotopic (exact) mass is 284 g/mol. The van der Waals surface area contributed by atoms with Crippen LogP contribution in [0.4, 0.5) is 26.3 Å². The Balaban J connectivity index is 3.02.